The largest absolute Gasteiger partial charge is 0.285 e. The van der Waals surface area contributed by atoms with E-state index in [1.54, 1.807) is 0 Å². The van der Waals surface area contributed by atoms with Crippen LogP contribution in [0.4, 0.5) is 4.39 Å². The van der Waals surface area contributed by atoms with E-state index in [1.165, 1.54) is 40.4 Å². The van der Waals surface area contributed by atoms with E-state index < -0.39 is 11.7 Å². The van der Waals surface area contributed by atoms with Gasteiger partial charge in [0.05, 0.1) is 17.1 Å². The number of nitrogens with zero attached hydrogens (tertiary/aromatic N) is 2. The van der Waals surface area contributed by atoms with Crippen molar-refractivity contribution >= 4 is 34.4 Å². The Bertz CT molecular complexity index is 772. The standard InChI is InChI=1S/C18H16ClFN2OS/c1-12-5-7-13(8-6-12)11-24-18-21-9-10-22(18)17(23)16-14(19)3-2-4-15(16)20/h2-8H,9-11H2,1H3. The zero-order valence-electron chi connectivity index (χ0n) is 13.1. The Morgan fingerprint density at radius 1 is 1.29 bits per heavy atom. The molecule has 24 heavy (non-hydrogen) atoms. The Morgan fingerprint density at radius 3 is 2.75 bits per heavy atom. The molecule has 2 aromatic carbocycles. The third-order valence-electron chi connectivity index (χ3n) is 3.71. The highest BCUT2D eigenvalue weighted by Gasteiger charge is 2.28. The minimum atomic E-state index is -0.609. The highest BCUT2D eigenvalue weighted by molar-refractivity contribution is 8.13. The van der Waals surface area contributed by atoms with Crippen LogP contribution in [0.25, 0.3) is 0 Å². The van der Waals surface area contributed by atoms with Gasteiger partial charge in [0.2, 0.25) is 0 Å². The highest BCUT2D eigenvalue weighted by Crippen LogP contribution is 2.25. The number of aryl methyl sites for hydroxylation is 1. The van der Waals surface area contributed by atoms with Crippen LogP contribution in [0.15, 0.2) is 47.5 Å². The van der Waals surface area contributed by atoms with E-state index in [2.05, 4.69) is 17.1 Å². The van der Waals surface area contributed by atoms with E-state index in [9.17, 15) is 9.18 Å². The van der Waals surface area contributed by atoms with Crippen molar-refractivity contribution < 1.29 is 9.18 Å². The molecule has 2 aromatic rings. The van der Waals surface area contributed by atoms with Gasteiger partial charge >= 0.3 is 0 Å². The second kappa shape index (κ2) is 7.36. The first-order chi connectivity index (χ1) is 11.6. The van der Waals surface area contributed by atoms with Crippen LogP contribution in [0.1, 0.15) is 21.5 Å². The fraction of sp³-hybridized carbons (Fsp3) is 0.222. The maximum atomic E-state index is 14.0. The Hall–Kier alpha value is -1.85. The van der Waals surface area contributed by atoms with Gasteiger partial charge < -0.3 is 0 Å². The van der Waals surface area contributed by atoms with Gasteiger partial charge in [-0.2, -0.15) is 0 Å². The fourth-order valence-electron chi connectivity index (χ4n) is 2.41. The molecule has 0 aromatic heterocycles. The molecule has 3 nitrogen and oxygen atoms in total. The Balaban J connectivity index is 1.73. The lowest BCUT2D eigenvalue weighted by Crippen LogP contribution is -2.33. The number of amidine groups is 1. The predicted octanol–water partition coefficient (Wildman–Crippen LogP) is 4.53. The smallest absolute Gasteiger partial charge is 0.264 e. The number of rotatable bonds is 3. The molecule has 0 radical (unpaired) electrons. The predicted molar refractivity (Wildman–Crippen MR) is 97.2 cm³/mol. The van der Waals surface area contributed by atoms with E-state index in [-0.39, 0.29) is 10.6 Å². The van der Waals surface area contributed by atoms with E-state index >= 15 is 0 Å². The summed E-state index contributed by atoms with van der Waals surface area (Å²) in [6.07, 6.45) is 0. The Morgan fingerprint density at radius 2 is 2.04 bits per heavy atom. The van der Waals surface area contributed by atoms with Gasteiger partial charge in [-0.05, 0) is 24.6 Å². The molecule has 0 saturated heterocycles. The van der Waals surface area contributed by atoms with Gasteiger partial charge in [0.15, 0.2) is 5.17 Å². The van der Waals surface area contributed by atoms with E-state index in [0.717, 1.165) is 5.56 Å². The number of benzene rings is 2. The molecule has 1 heterocycles. The molecule has 0 aliphatic carbocycles. The van der Waals surface area contributed by atoms with Crippen molar-refractivity contribution in [1.82, 2.24) is 4.90 Å². The van der Waals surface area contributed by atoms with E-state index in [4.69, 9.17) is 11.6 Å². The molecule has 1 aliphatic rings. The lowest BCUT2D eigenvalue weighted by molar-refractivity contribution is 0.0856. The van der Waals surface area contributed by atoms with Crippen molar-refractivity contribution in [2.24, 2.45) is 4.99 Å². The van der Waals surface area contributed by atoms with Gasteiger partial charge in [0, 0.05) is 12.3 Å². The molecule has 6 heteroatoms. The van der Waals surface area contributed by atoms with Crippen LogP contribution < -0.4 is 0 Å². The highest BCUT2D eigenvalue weighted by atomic mass is 35.5. The molecule has 0 saturated carbocycles. The average Bonchev–Trinajstić information content (AvgIpc) is 3.02. The molecule has 0 bridgehead atoms. The van der Waals surface area contributed by atoms with Gasteiger partial charge in [-0.3, -0.25) is 14.7 Å². The SMILES string of the molecule is Cc1ccc(CSC2=NCCN2C(=O)c2c(F)cccc2Cl)cc1. The topological polar surface area (TPSA) is 32.7 Å². The Labute approximate surface area is 149 Å². The monoisotopic (exact) mass is 362 g/mol. The summed E-state index contributed by atoms with van der Waals surface area (Å²) in [7, 11) is 0. The number of carbonyl (C=O) groups is 1. The summed E-state index contributed by atoms with van der Waals surface area (Å²) in [5.41, 5.74) is 2.26. The van der Waals surface area contributed by atoms with Gasteiger partial charge in [0.25, 0.3) is 5.91 Å². The van der Waals surface area contributed by atoms with Gasteiger partial charge in [0.1, 0.15) is 5.82 Å². The van der Waals surface area contributed by atoms with Crippen molar-refractivity contribution in [3.8, 4) is 0 Å². The second-order valence-corrected chi connectivity index (χ2v) is 6.84. The quantitative estimate of drug-likeness (QED) is 0.803. The molecule has 1 aliphatic heterocycles. The Kier molecular flexibility index (Phi) is 5.21. The summed E-state index contributed by atoms with van der Waals surface area (Å²) in [4.78, 5) is 18.5. The normalized spacial score (nSPS) is 14.0. The maximum Gasteiger partial charge on any atom is 0.264 e. The maximum absolute atomic E-state index is 14.0. The molecule has 0 fully saturated rings. The summed E-state index contributed by atoms with van der Waals surface area (Å²) < 4.78 is 14.0. The number of halogens is 2. The molecular formula is C18H16ClFN2OS. The summed E-state index contributed by atoms with van der Waals surface area (Å²) in [6, 6.07) is 12.5. The minimum absolute atomic E-state index is 0.0929. The first-order valence-electron chi connectivity index (χ1n) is 7.55. The number of hydrogen-bond acceptors (Lipinski definition) is 3. The first kappa shape index (κ1) is 17.0. The number of thioether (sulfide) groups is 1. The van der Waals surface area contributed by atoms with Crippen molar-refractivity contribution in [3.63, 3.8) is 0 Å². The summed E-state index contributed by atoms with van der Waals surface area (Å²) >= 11 is 7.48. The van der Waals surface area contributed by atoms with Crippen LogP contribution in [0.2, 0.25) is 5.02 Å². The number of amides is 1. The van der Waals surface area contributed by atoms with Crippen LogP contribution in [-0.4, -0.2) is 29.1 Å². The third-order valence-corrected chi connectivity index (χ3v) is 5.11. The molecule has 1 amide bonds. The van der Waals surface area contributed by atoms with Crippen molar-refractivity contribution in [2.75, 3.05) is 13.1 Å². The van der Waals surface area contributed by atoms with Gasteiger partial charge in [-0.15, -0.1) is 0 Å². The van der Waals surface area contributed by atoms with Crippen LogP contribution in [0.3, 0.4) is 0 Å². The van der Waals surface area contributed by atoms with Crippen molar-refractivity contribution in [1.29, 1.82) is 0 Å². The van der Waals surface area contributed by atoms with Gasteiger partial charge in [-0.25, -0.2) is 4.39 Å². The summed E-state index contributed by atoms with van der Waals surface area (Å²) in [6.45, 7) is 3.00. The summed E-state index contributed by atoms with van der Waals surface area (Å²) in [5.74, 6) is -0.346. The molecule has 0 unspecified atom stereocenters. The molecule has 3 rings (SSSR count). The number of aliphatic imine (C=N–C) groups is 1. The second-order valence-electron chi connectivity index (χ2n) is 5.49. The lowest BCUT2D eigenvalue weighted by atomic mass is 10.2. The zero-order valence-corrected chi connectivity index (χ0v) is 14.7. The molecule has 0 N–H and O–H groups in total. The third kappa shape index (κ3) is 3.62. The first-order valence-corrected chi connectivity index (χ1v) is 8.91. The van der Waals surface area contributed by atoms with Crippen molar-refractivity contribution in [2.45, 2.75) is 12.7 Å². The fourth-order valence-corrected chi connectivity index (χ4v) is 3.65. The molecule has 0 atom stereocenters. The van der Waals surface area contributed by atoms with Crippen LogP contribution in [0, 0.1) is 12.7 Å². The van der Waals surface area contributed by atoms with E-state index in [1.807, 2.05) is 19.1 Å². The van der Waals surface area contributed by atoms with Crippen molar-refractivity contribution in [3.05, 3.63) is 70.0 Å². The zero-order chi connectivity index (χ0) is 17.1. The number of hydrogen-bond donors (Lipinski definition) is 0. The minimum Gasteiger partial charge on any atom is -0.285 e. The average molecular weight is 363 g/mol. The number of carbonyl (C=O) groups excluding carboxylic acids is 1. The van der Waals surface area contributed by atoms with Crippen LogP contribution in [0.5, 0.6) is 0 Å². The lowest BCUT2D eigenvalue weighted by Gasteiger charge is -2.19. The molecular weight excluding hydrogens is 347 g/mol. The van der Waals surface area contributed by atoms with Gasteiger partial charge in [-0.1, -0.05) is 59.3 Å². The van der Waals surface area contributed by atoms with Crippen LogP contribution >= 0.6 is 23.4 Å². The summed E-state index contributed by atoms with van der Waals surface area (Å²) in [5, 5.41) is 0.731. The van der Waals surface area contributed by atoms with Crippen LogP contribution in [-0.2, 0) is 5.75 Å². The molecule has 0 spiro atoms. The van der Waals surface area contributed by atoms with E-state index in [0.29, 0.717) is 24.0 Å². The molecule has 124 valence electrons.